The molecule has 0 bridgehead atoms. The van der Waals surface area contributed by atoms with Gasteiger partial charge < -0.3 is 4.74 Å². The van der Waals surface area contributed by atoms with Gasteiger partial charge in [0.2, 0.25) is 5.91 Å². The highest BCUT2D eigenvalue weighted by Crippen LogP contribution is 2.32. The number of hydrogen-bond donors (Lipinski definition) is 0. The van der Waals surface area contributed by atoms with Crippen LogP contribution in [0.2, 0.25) is 5.02 Å². The zero-order valence-corrected chi connectivity index (χ0v) is 18.2. The molecule has 0 aliphatic rings. The van der Waals surface area contributed by atoms with Crippen molar-refractivity contribution in [2.75, 3.05) is 12.0 Å². The molecule has 0 spiro atoms. The third-order valence-corrected chi connectivity index (χ3v) is 6.03. The average Bonchev–Trinajstić information content (AvgIpc) is 3.15. The van der Waals surface area contributed by atoms with E-state index in [2.05, 4.69) is 9.97 Å². The van der Waals surface area contributed by atoms with E-state index in [1.54, 1.807) is 30.5 Å². The monoisotopic (exact) mass is 437 g/mol. The van der Waals surface area contributed by atoms with Gasteiger partial charge in [-0.3, -0.25) is 14.7 Å². The van der Waals surface area contributed by atoms with Crippen LogP contribution in [0.5, 0.6) is 5.75 Å². The van der Waals surface area contributed by atoms with Crippen LogP contribution in [0.3, 0.4) is 0 Å². The highest BCUT2D eigenvalue weighted by molar-refractivity contribution is 7.22. The summed E-state index contributed by atoms with van der Waals surface area (Å²) in [7, 11) is 1.64. The largest absolute Gasteiger partial charge is 0.496 e. The molecule has 0 aliphatic carbocycles. The molecule has 0 radical (unpaired) electrons. The van der Waals surface area contributed by atoms with Crippen molar-refractivity contribution in [2.24, 2.45) is 0 Å². The summed E-state index contributed by atoms with van der Waals surface area (Å²) < 4.78 is 6.27. The number of benzene rings is 2. The van der Waals surface area contributed by atoms with Crippen LogP contribution in [-0.4, -0.2) is 23.0 Å². The van der Waals surface area contributed by atoms with E-state index < -0.39 is 0 Å². The summed E-state index contributed by atoms with van der Waals surface area (Å²) in [6.07, 6.45) is 3.75. The van der Waals surface area contributed by atoms with Gasteiger partial charge in [-0.05, 0) is 53.9 Å². The Kier molecular flexibility index (Phi) is 5.97. The van der Waals surface area contributed by atoms with Crippen LogP contribution in [0.15, 0.2) is 60.9 Å². The first kappa shape index (κ1) is 20.3. The Balaban J connectivity index is 1.66. The van der Waals surface area contributed by atoms with E-state index in [0.717, 1.165) is 32.7 Å². The first-order valence-corrected chi connectivity index (χ1v) is 10.6. The molecule has 2 heterocycles. The van der Waals surface area contributed by atoms with Crippen LogP contribution in [-0.2, 0) is 17.8 Å². The Morgan fingerprint density at radius 1 is 1.17 bits per heavy atom. The van der Waals surface area contributed by atoms with Gasteiger partial charge in [-0.2, -0.15) is 0 Å². The van der Waals surface area contributed by atoms with Crippen molar-refractivity contribution in [3.63, 3.8) is 0 Å². The van der Waals surface area contributed by atoms with Gasteiger partial charge in [-0.1, -0.05) is 41.1 Å². The van der Waals surface area contributed by atoms with Gasteiger partial charge in [0.15, 0.2) is 5.13 Å². The molecule has 0 saturated carbocycles. The molecule has 0 N–H and O–H groups in total. The molecule has 0 unspecified atom stereocenters. The summed E-state index contributed by atoms with van der Waals surface area (Å²) in [6, 6.07) is 15.2. The Bertz CT molecular complexity index is 1190. The van der Waals surface area contributed by atoms with E-state index in [9.17, 15) is 4.79 Å². The van der Waals surface area contributed by atoms with E-state index in [0.29, 0.717) is 16.7 Å². The second-order valence-corrected chi connectivity index (χ2v) is 8.38. The minimum atomic E-state index is -0.0337. The number of halogens is 1. The first-order chi connectivity index (χ1) is 14.5. The Morgan fingerprint density at radius 2 is 2.03 bits per heavy atom. The Morgan fingerprint density at radius 3 is 2.77 bits per heavy atom. The summed E-state index contributed by atoms with van der Waals surface area (Å²) in [6.45, 7) is 2.37. The molecule has 30 heavy (non-hydrogen) atoms. The molecule has 7 heteroatoms. The number of thiazole rings is 1. The molecule has 0 saturated heterocycles. The molecule has 0 fully saturated rings. The zero-order chi connectivity index (χ0) is 21.1. The molecule has 5 nitrogen and oxygen atoms in total. The summed E-state index contributed by atoms with van der Waals surface area (Å²) in [5, 5.41) is 1.29. The van der Waals surface area contributed by atoms with Crippen molar-refractivity contribution in [2.45, 2.75) is 19.9 Å². The quantitative estimate of drug-likeness (QED) is 0.403. The molecule has 152 valence electrons. The lowest BCUT2D eigenvalue weighted by atomic mass is 10.1. The van der Waals surface area contributed by atoms with Crippen molar-refractivity contribution >= 4 is 44.2 Å². The van der Waals surface area contributed by atoms with Gasteiger partial charge in [0.1, 0.15) is 5.75 Å². The lowest BCUT2D eigenvalue weighted by Crippen LogP contribution is -2.31. The number of pyridine rings is 1. The van der Waals surface area contributed by atoms with Crippen molar-refractivity contribution < 1.29 is 9.53 Å². The molecule has 4 rings (SSSR count). The highest BCUT2D eigenvalue weighted by atomic mass is 35.5. The predicted octanol–water partition coefficient (Wildman–Crippen LogP) is 5.44. The van der Waals surface area contributed by atoms with Gasteiger partial charge in [-0.15, -0.1) is 0 Å². The van der Waals surface area contributed by atoms with Crippen LogP contribution < -0.4 is 9.64 Å². The minimum Gasteiger partial charge on any atom is -0.496 e. The van der Waals surface area contributed by atoms with E-state index >= 15 is 0 Å². The number of amides is 1. The summed E-state index contributed by atoms with van der Waals surface area (Å²) in [4.78, 5) is 23.9. The predicted molar refractivity (Wildman–Crippen MR) is 121 cm³/mol. The smallest absolute Gasteiger partial charge is 0.233 e. The SMILES string of the molecule is COc1ccc(CC(=O)N(Cc2cccnc2)c2nc3ccc(Cl)cc3s2)cc1C. The summed E-state index contributed by atoms with van der Waals surface area (Å²) in [5.41, 5.74) is 3.69. The standard InChI is InChI=1S/C23H20ClN3O2S/c1-15-10-16(5-8-20(15)29-2)11-22(28)27(14-17-4-3-9-25-13-17)23-26-19-7-6-18(24)12-21(19)30-23/h3-10,12-13H,11,14H2,1-2H3. The fourth-order valence-corrected chi connectivity index (χ4v) is 4.52. The van der Waals surface area contributed by atoms with Crippen LogP contribution in [0, 0.1) is 6.92 Å². The number of carbonyl (C=O) groups is 1. The van der Waals surface area contributed by atoms with Gasteiger partial charge >= 0.3 is 0 Å². The highest BCUT2D eigenvalue weighted by Gasteiger charge is 2.21. The van der Waals surface area contributed by atoms with Gasteiger partial charge in [0.25, 0.3) is 0 Å². The van der Waals surface area contributed by atoms with Crippen LogP contribution in [0.25, 0.3) is 10.2 Å². The number of anilines is 1. The maximum absolute atomic E-state index is 13.3. The molecule has 0 aliphatic heterocycles. The van der Waals surface area contributed by atoms with Crippen molar-refractivity contribution in [1.29, 1.82) is 0 Å². The van der Waals surface area contributed by atoms with Crippen LogP contribution >= 0.6 is 22.9 Å². The maximum atomic E-state index is 13.3. The third kappa shape index (κ3) is 4.45. The number of fused-ring (bicyclic) bond motifs is 1. The van der Waals surface area contributed by atoms with Crippen LogP contribution in [0.4, 0.5) is 5.13 Å². The maximum Gasteiger partial charge on any atom is 0.233 e. The number of aromatic nitrogens is 2. The fraction of sp³-hybridized carbons (Fsp3) is 0.174. The van der Waals surface area contributed by atoms with Crippen molar-refractivity contribution in [3.8, 4) is 5.75 Å². The number of carbonyl (C=O) groups excluding carboxylic acids is 1. The molecule has 2 aromatic heterocycles. The Hall–Kier alpha value is -2.96. The fourth-order valence-electron chi connectivity index (χ4n) is 3.26. The zero-order valence-electron chi connectivity index (χ0n) is 16.6. The van der Waals surface area contributed by atoms with Crippen molar-refractivity contribution in [3.05, 3.63) is 82.6 Å². The number of nitrogens with zero attached hydrogens (tertiary/aromatic N) is 3. The number of hydrogen-bond acceptors (Lipinski definition) is 5. The second-order valence-electron chi connectivity index (χ2n) is 6.93. The topological polar surface area (TPSA) is 55.3 Å². The van der Waals surface area contributed by atoms with E-state index in [4.69, 9.17) is 16.3 Å². The van der Waals surface area contributed by atoms with Gasteiger partial charge in [-0.25, -0.2) is 4.98 Å². The van der Waals surface area contributed by atoms with Gasteiger partial charge in [0, 0.05) is 17.4 Å². The molecular weight excluding hydrogens is 418 g/mol. The molecular formula is C23H20ClN3O2S. The molecule has 4 aromatic rings. The lowest BCUT2D eigenvalue weighted by molar-refractivity contribution is -0.118. The van der Waals surface area contributed by atoms with Gasteiger partial charge in [0.05, 0.1) is 30.3 Å². The number of aryl methyl sites for hydroxylation is 1. The number of methoxy groups -OCH3 is 1. The molecule has 2 aromatic carbocycles. The first-order valence-electron chi connectivity index (χ1n) is 9.42. The molecule has 0 atom stereocenters. The lowest BCUT2D eigenvalue weighted by Gasteiger charge is -2.20. The summed E-state index contributed by atoms with van der Waals surface area (Å²) in [5.74, 6) is 0.773. The third-order valence-electron chi connectivity index (χ3n) is 4.75. The number of ether oxygens (including phenoxy) is 1. The summed E-state index contributed by atoms with van der Waals surface area (Å²) >= 11 is 7.58. The Labute approximate surface area is 183 Å². The van der Waals surface area contributed by atoms with E-state index in [-0.39, 0.29) is 12.3 Å². The number of rotatable bonds is 6. The van der Waals surface area contributed by atoms with E-state index in [1.165, 1.54) is 11.3 Å². The minimum absolute atomic E-state index is 0.0337. The molecule has 1 amide bonds. The average molecular weight is 438 g/mol. The van der Waals surface area contributed by atoms with E-state index in [1.807, 2.05) is 49.4 Å². The van der Waals surface area contributed by atoms with Crippen LogP contribution in [0.1, 0.15) is 16.7 Å². The normalized spacial score (nSPS) is 10.9. The van der Waals surface area contributed by atoms with Crippen molar-refractivity contribution in [1.82, 2.24) is 9.97 Å². The second kappa shape index (κ2) is 8.81.